The molecule has 0 radical (unpaired) electrons. The van der Waals surface area contributed by atoms with Crippen LogP contribution in [-0.2, 0) is 4.74 Å². The first-order chi connectivity index (χ1) is 8.31. The Labute approximate surface area is 101 Å². The summed E-state index contributed by atoms with van der Waals surface area (Å²) in [5.41, 5.74) is 6.93. The van der Waals surface area contributed by atoms with Gasteiger partial charge in [0.05, 0.1) is 6.61 Å². The second-order valence-electron chi connectivity index (χ2n) is 4.30. The standard InChI is InChI=1S/C13H19FN2O/c14-12-4-2-11(3-5-12)13(10-15)16-6-1-8-17-9-7-16/h2-5,13H,1,6-10,15H2. The van der Waals surface area contributed by atoms with Crippen LogP contribution in [0.1, 0.15) is 18.0 Å². The Bertz CT molecular complexity index is 334. The Morgan fingerprint density at radius 2 is 2.00 bits per heavy atom. The van der Waals surface area contributed by atoms with Crippen LogP contribution >= 0.6 is 0 Å². The van der Waals surface area contributed by atoms with Crippen LogP contribution < -0.4 is 5.73 Å². The first-order valence-electron chi connectivity index (χ1n) is 6.08. The minimum absolute atomic E-state index is 0.164. The Balaban J connectivity index is 2.11. The molecule has 0 saturated carbocycles. The number of hydrogen-bond donors (Lipinski definition) is 1. The van der Waals surface area contributed by atoms with Gasteiger partial charge in [0.25, 0.3) is 0 Å². The largest absolute Gasteiger partial charge is 0.380 e. The van der Waals surface area contributed by atoms with Gasteiger partial charge in [-0.2, -0.15) is 0 Å². The monoisotopic (exact) mass is 238 g/mol. The average Bonchev–Trinajstić information content (AvgIpc) is 2.62. The lowest BCUT2D eigenvalue weighted by Crippen LogP contribution is -2.35. The summed E-state index contributed by atoms with van der Waals surface area (Å²) in [4.78, 5) is 2.32. The highest BCUT2D eigenvalue weighted by Gasteiger charge is 2.20. The van der Waals surface area contributed by atoms with Crippen LogP contribution in [0.3, 0.4) is 0 Å². The molecule has 1 heterocycles. The number of halogens is 1. The second-order valence-corrected chi connectivity index (χ2v) is 4.30. The Hall–Kier alpha value is -0.970. The van der Waals surface area contributed by atoms with Gasteiger partial charge in [-0.25, -0.2) is 4.39 Å². The number of hydrogen-bond acceptors (Lipinski definition) is 3. The van der Waals surface area contributed by atoms with Gasteiger partial charge in [0.15, 0.2) is 0 Å². The summed E-state index contributed by atoms with van der Waals surface area (Å²) in [5.74, 6) is -0.205. The van der Waals surface area contributed by atoms with Crippen molar-refractivity contribution in [1.82, 2.24) is 4.90 Å². The van der Waals surface area contributed by atoms with Crippen LogP contribution in [0.4, 0.5) is 4.39 Å². The summed E-state index contributed by atoms with van der Waals surface area (Å²) in [5, 5.41) is 0. The number of ether oxygens (including phenoxy) is 1. The summed E-state index contributed by atoms with van der Waals surface area (Å²) in [6.45, 7) is 3.99. The summed E-state index contributed by atoms with van der Waals surface area (Å²) >= 11 is 0. The van der Waals surface area contributed by atoms with Crippen molar-refractivity contribution in [2.45, 2.75) is 12.5 Å². The van der Waals surface area contributed by atoms with E-state index in [1.807, 2.05) is 12.1 Å². The third kappa shape index (κ3) is 3.25. The molecule has 3 nitrogen and oxygen atoms in total. The number of rotatable bonds is 3. The first-order valence-corrected chi connectivity index (χ1v) is 6.08. The minimum Gasteiger partial charge on any atom is -0.380 e. The molecular weight excluding hydrogens is 219 g/mol. The van der Waals surface area contributed by atoms with Gasteiger partial charge in [0.2, 0.25) is 0 Å². The van der Waals surface area contributed by atoms with E-state index in [9.17, 15) is 4.39 Å². The van der Waals surface area contributed by atoms with Crippen LogP contribution in [0.15, 0.2) is 24.3 Å². The lowest BCUT2D eigenvalue weighted by molar-refractivity contribution is 0.132. The van der Waals surface area contributed by atoms with Crippen molar-refractivity contribution in [2.75, 3.05) is 32.8 Å². The van der Waals surface area contributed by atoms with Crippen LogP contribution in [-0.4, -0.2) is 37.7 Å². The van der Waals surface area contributed by atoms with E-state index in [1.54, 1.807) is 0 Å². The van der Waals surface area contributed by atoms with E-state index in [4.69, 9.17) is 10.5 Å². The van der Waals surface area contributed by atoms with E-state index >= 15 is 0 Å². The van der Waals surface area contributed by atoms with E-state index in [0.717, 1.165) is 38.3 Å². The van der Waals surface area contributed by atoms with Crippen molar-refractivity contribution in [2.24, 2.45) is 5.73 Å². The molecule has 1 saturated heterocycles. The third-order valence-electron chi connectivity index (χ3n) is 3.18. The molecule has 0 aliphatic carbocycles. The molecule has 2 N–H and O–H groups in total. The predicted molar refractivity (Wildman–Crippen MR) is 65.2 cm³/mol. The van der Waals surface area contributed by atoms with Gasteiger partial charge >= 0.3 is 0 Å². The van der Waals surface area contributed by atoms with Crippen molar-refractivity contribution >= 4 is 0 Å². The highest BCUT2D eigenvalue weighted by Crippen LogP contribution is 2.21. The second kappa shape index (κ2) is 6.10. The maximum atomic E-state index is 12.9. The lowest BCUT2D eigenvalue weighted by Gasteiger charge is -2.29. The summed E-state index contributed by atoms with van der Waals surface area (Å²) < 4.78 is 18.3. The van der Waals surface area contributed by atoms with Crippen LogP contribution in [0, 0.1) is 5.82 Å². The Morgan fingerprint density at radius 3 is 2.71 bits per heavy atom. The smallest absolute Gasteiger partial charge is 0.123 e. The number of nitrogens with two attached hydrogens (primary N) is 1. The Morgan fingerprint density at radius 1 is 1.24 bits per heavy atom. The molecule has 0 spiro atoms. The normalized spacial score (nSPS) is 19.9. The molecule has 17 heavy (non-hydrogen) atoms. The van der Waals surface area contributed by atoms with E-state index in [1.165, 1.54) is 12.1 Å². The van der Waals surface area contributed by atoms with Gasteiger partial charge < -0.3 is 10.5 Å². The first kappa shape index (κ1) is 12.5. The summed E-state index contributed by atoms with van der Waals surface area (Å²) in [6, 6.07) is 6.79. The molecule has 1 aliphatic heterocycles. The average molecular weight is 238 g/mol. The molecule has 1 aromatic carbocycles. The highest BCUT2D eigenvalue weighted by molar-refractivity contribution is 5.20. The number of benzene rings is 1. The molecule has 1 atom stereocenters. The zero-order valence-electron chi connectivity index (χ0n) is 9.94. The van der Waals surface area contributed by atoms with Crippen LogP contribution in [0.2, 0.25) is 0 Å². The van der Waals surface area contributed by atoms with Gasteiger partial charge in [-0.3, -0.25) is 4.90 Å². The summed E-state index contributed by atoms with van der Waals surface area (Å²) in [6.07, 6.45) is 1.03. The fourth-order valence-corrected chi connectivity index (χ4v) is 2.26. The molecule has 0 aromatic heterocycles. The quantitative estimate of drug-likeness (QED) is 0.868. The van der Waals surface area contributed by atoms with Crippen molar-refractivity contribution < 1.29 is 9.13 Å². The Kier molecular flexibility index (Phi) is 4.48. The van der Waals surface area contributed by atoms with Crippen molar-refractivity contribution in [3.05, 3.63) is 35.6 Å². The van der Waals surface area contributed by atoms with Gasteiger partial charge in [-0.1, -0.05) is 12.1 Å². The number of nitrogens with zero attached hydrogens (tertiary/aromatic N) is 1. The molecule has 1 fully saturated rings. The molecule has 0 bridgehead atoms. The van der Waals surface area contributed by atoms with Gasteiger partial charge in [-0.05, 0) is 24.1 Å². The highest BCUT2D eigenvalue weighted by atomic mass is 19.1. The molecular formula is C13H19FN2O. The fraction of sp³-hybridized carbons (Fsp3) is 0.538. The van der Waals surface area contributed by atoms with E-state index in [0.29, 0.717) is 6.54 Å². The molecule has 4 heteroatoms. The molecule has 1 unspecified atom stereocenters. The van der Waals surface area contributed by atoms with Gasteiger partial charge in [-0.15, -0.1) is 0 Å². The molecule has 2 rings (SSSR count). The zero-order chi connectivity index (χ0) is 12.1. The van der Waals surface area contributed by atoms with Crippen LogP contribution in [0.5, 0.6) is 0 Å². The SMILES string of the molecule is NCC(c1ccc(F)cc1)N1CCCOCC1. The fourth-order valence-electron chi connectivity index (χ4n) is 2.26. The van der Waals surface area contributed by atoms with E-state index in [-0.39, 0.29) is 11.9 Å². The minimum atomic E-state index is -0.205. The lowest BCUT2D eigenvalue weighted by atomic mass is 10.1. The maximum Gasteiger partial charge on any atom is 0.123 e. The molecule has 94 valence electrons. The van der Waals surface area contributed by atoms with Gasteiger partial charge in [0, 0.05) is 32.3 Å². The van der Waals surface area contributed by atoms with Crippen molar-refractivity contribution in [3.63, 3.8) is 0 Å². The van der Waals surface area contributed by atoms with Crippen LogP contribution in [0.25, 0.3) is 0 Å². The van der Waals surface area contributed by atoms with Crippen molar-refractivity contribution in [1.29, 1.82) is 0 Å². The summed E-state index contributed by atoms with van der Waals surface area (Å²) in [7, 11) is 0. The molecule has 1 aliphatic rings. The van der Waals surface area contributed by atoms with E-state index in [2.05, 4.69) is 4.90 Å². The topological polar surface area (TPSA) is 38.5 Å². The molecule has 0 amide bonds. The third-order valence-corrected chi connectivity index (χ3v) is 3.18. The maximum absolute atomic E-state index is 12.9. The van der Waals surface area contributed by atoms with Gasteiger partial charge in [0.1, 0.15) is 5.82 Å². The van der Waals surface area contributed by atoms with Crippen molar-refractivity contribution in [3.8, 4) is 0 Å². The predicted octanol–water partition coefficient (Wildman–Crippen LogP) is 1.55. The molecule has 1 aromatic rings. The van der Waals surface area contributed by atoms with E-state index < -0.39 is 0 Å². The zero-order valence-corrected chi connectivity index (χ0v) is 9.94.